The van der Waals surface area contributed by atoms with Gasteiger partial charge in [0.2, 0.25) is 0 Å². The average Bonchev–Trinajstić information content (AvgIpc) is 3.60. The summed E-state index contributed by atoms with van der Waals surface area (Å²) in [5, 5.41) is 16.3. The SMILES string of the molecule is N#Cc1ccc(-c2c3ccccc3c(-c3cccc4c3P(=O)(c3ccccc3)c3cccc5nc(-c6ccccc6)n-4c35)c3ccccc23)cc1. The van der Waals surface area contributed by atoms with Crippen molar-refractivity contribution < 1.29 is 4.57 Å². The van der Waals surface area contributed by atoms with Crippen LogP contribution in [0.1, 0.15) is 5.56 Å². The summed E-state index contributed by atoms with van der Waals surface area (Å²) in [6.07, 6.45) is 0. The van der Waals surface area contributed by atoms with Crippen molar-refractivity contribution in [3.05, 3.63) is 175 Å². The lowest BCUT2D eigenvalue weighted by atomic mass is 9.85. The molecule has 1 aliphatic heterocycles. The first-order valence-corrected chi connectivity index (χ1v) is 18.7. The minimum Gasteiger partial charge on any atom is -0.308 e. The molecule has 10 rings (SSSR count). The van der Waals surface area contributed by atoms with Crippen LogP contribution >= 0.6 is 7.14 Å². The number of hydrogen-bond acceptors (Lipinski definition) is 3. The fraction of sp³-hybridized carbons (Fsp3) is 0. The highest BCUT2D eigenvalue weighted by molar-refractivity contribution is 7.86. The van der Waals surface area contributed by atoms with Crippen LogP contribution in [0.5, 0.6) is 0 Å². The van der Waals surface area contributed by atoms with Gasteiger partial charge >= 0.3 is 0 Å². The summed E-state index contributed by atoms with van der Waals surface area (Å²) >= 11 is 0. The number of nitrogens with zero attached hydrogens (tertiary/aromatic N) is 3. The first-order valence-electron chi connectivity index (χ1n) is 17.0. The molecule has 0 spiro atoms. The second-order valence-electron chi connectivity index (χ2n) is 12.9. The van der Waals surface area contributed by atoms with Gasteiger partial charge < -0.3 is 4.57 Å². The molecule has 5 heteroatoms. The van der Waals surface area contributed by atoms with Crippen molar-refractivity contribution >= 4 is 55.6 Å². The van der Waals surface area contributed by atoms with Crippen LogP contribution < -0.4 is 15.9 Å². The standard InChI is InChI=1S/C46H28N3OP/c47-29-30-25-27-31(28-26-30)42-34-17-7-9-19-36(34)43(37-20-10-8-18-35(37)42)38-21-11-23-40-45(38)51(50,33-15-5-2-6-16-33)41-24-12-22-39-44(41)49(40)46(48-39)32-13-3-1-4-14-32/h1-28H. The molecule has 1 unspecified atom stereocenters. The van der Waals surface area contributed by atoms with Crippen LogP contribution in [0.25, 0.3) is 71.9 Å². The van der Waals surface area contributed by atoms with Crippen LogP contribution in [-0.2, 0) is 4.57 Å². The largest absolute Gasteiger partial charge is 0.308 e. The van der Waals surface area contributed by atoms with Crippen molar-refractivity contribution in [2.45, 2.75) is 0 Å². The van der Waals surface area contributed by atoms with Crippen LogP contribution in [0.2, 0.25) is 0 Å². The van der Waals surface area contributed by atoms with Crippen molar-refractivity contribution in [3.63, 3.8) is 0 Å². The summed E-state index contributed by atoms with van der Waals surface area (Å²) < 4.78 is 18.8. The molecule has 51 heavy (non-hydrogen) atoms. The van der Waals surface area contributed by atoms with Crippen LogP contribution in [-0.4, -0.2) is 9.55 Å². The number of nitriles is 1. The smallest absolute Gasteiger partial charge is 0.175 e. The van der Waals surface area contributed by atoms with Gasteiger partial charge in [0.15, 0.2) is 7.14 Å². The normalized spacial score (nSPS) is 14.8. The molecule has 1 atom stereocenters. The Balaban J connectivity index is 1.38. The van der Waals surface area contributed by atoms with Gasteiger partial charge in [-0.2, -0.15) is 5.26 Å². The van der Waals surface area contributed by atoms with Gasteiger partial charge in [0.05, 0.1) is 33.7 Å². The van der Waals surface area contributed by atoms with Gasteiger partial charge in [-0.05, 0) is 74.1 Å². The first-order chi connectivity index (χ1) is 25.2. The molecule has 0 radical (unpaired) electrons. The summed E-state index contributed by atoms with van der Waals surface area (Å²) in [5.74, 6) is 0.821. The molecular weight excluding hydrogens is 642 g/mol. The Kier molecular flexibility index (Phi) is 6.49. The first kappa shape index (κ1) is 29.4. The molecule has 0 fully saturated rings. The zero-order valence-corrected chi connectivity index (χ0v) is 28.3. The number of benzene rings is 8. The summed E-state index contributed by atoms with van der Waals surface area (Å²) in [6, 6.07) is 59.7. The van der Waals surface area contributed by atoms with Gasteiger partial charge in [-0.15, -0.1) is 0 Å². The van der Waals surface area contributed by atoms with Gasteiger partial charge in [0.25, 0.3) is 0 Å². The van der Waals surface area contributed by atoms with Crippen molar-refractivity contribution in [3.8, 4) is 45.4 Å². The monoisotopic (exact) mass is 669 g/mol. The molecule has 0 saturated heterocycles. The number of hydrogen-bond donors (Lipinski definition) is 0. The molecule has 1 aromatic heterocycles. The van der Waals surface area contributed by atoms with Crippen molar-refractivity contribution in [2.75, 3.05) is 0 Å². The van der Waals surface area contributed by atoms with E-state index in [2.05, 4.69) is 89.5 Å². The highest BCUT2D eigenvalue weighted by Gasteiger charge is 2.42. The fourth-order valence-electron chi connectivity index (χ4n) is 8.09. The van der Waals surface area contributed by atoms with E-state index in [1.54, 1.807) is 0 Å². The highest BCUT2D eigenvalue weighted by atomic mass is 31.2. The molecular formula is C46H28N3OP. The molecule has 0 aliphatic carbocycles. The lowest BCUT2D eigenvalue weighted by Gasteiger charge is -2.32. The van der Waals surface area contributed by atoms with Gasteiger partial charge in [-0.3, -0.25) is 4.57 Å². The number of fused-ring (bicyclic) bond motifs is 4. The second-order valence-corrected chi connectivity index (χ2v) is 15.6. The van der Waals surface area contributed by atoms with Crippen molar-refractivity contribution in [1.82, 2.24) is 9.55 Å². The minimum absolute atomic E-state index is 0.625. The number of para-hydroxylation sites is 1. The van der Waals surface area contributed by atoms with Crippen LogP contribution in [0.15, 0.2) is 170 Å². The highest BCUT2D eigenvalue weighted by Crippen LogP contribution is 2.54. The maximum Gasteiger partial charge on any atom is 0.175 e. The molecule has 9 aromatic rings. The Hall–Kier alpha value is -6.53. The third kappa shape index (κ3) is 4.20. The molecule has 0 saturated carbocycles. The summed E-state index contributed by atoms with van der Waals surface area (Å²) in [4.78, 5) is 5.19. The van der Waals surface area contributed by atoms with Crippen molar-refractivity contribution in [1.29, 1.82) is 5.26 Å². The zero-order valence-electron chi connectivity index (χ0n) is 27.4. The average molecular weight is 670 g/mol. The van der Waals surface area contributed by atoms with E-state index >= 15 is 4.57 Å². The van der Waals surface area contributed by atoms with E-state index in [0.29, 0.717) is 5.56 Å². The topological polar surface area (TPSA) is 58.7 Å². The number of imidazole rings is 1. The van der Waals surface area contributed by atoms with Gasteiger partial charge in [-0.1, -0.05) is 140 Å². The lowest BCUT2D eigenvalue weighted by Crippen LogP contribution is -2.34. The van der Waals surface area contributed by atoms with Crippen LogP contribution in [0.4, 0.5) is 0 Å². The molecule has 2 heterocycles. The quantitative estimate of drug-likeness (QED) is 0.138. The molecule has 0 bridgehead atoms. The predicted molar refractivity (Wildman–Crippen MR) is 210 cm³/mol. The molecule has 1 aliphatic rings. The van der Waals surface area contributed by atoms with E-state index < -0.39 is 7.14 Å². The number of rotatable bonds is 4. The Morgan fingerprint density at radius 2 is 1.14 bits per heavy atom. The minimum atomic E-state index is -3.47. The molecule has 0 N–H and O–H groups in total. The third-order valence-corrected chi connectivity index (χ3v) is 13.4. The number of aromatic nitrogens is 2. The van der Waals surface area contributed by atoms with E-state index in [4.69, 9.17) is 4.98 Å². The fourth-order valence-corrected chi connectivity index (χ4v) is 11.3. The van der Waals surface area contributed by atoms with E-state index in [1.165, 1.54) is 0 Å². The molecule has 0 amide bonds. The Morgan fingerprint density at radius 3 is 1.78 bits per heavy atom. The zero-order chi connectivity index (χ0) is 34.1. The maximum atomic E-state index is 16.6. The Labute approximate surface area is 294 Å². The van der Waals surface area contributed by atoms with Crippen molar-refractivity contribution in [2.24, 2.45) is 0 Å². The molecule has 8 aromatic carbocycles. The maximum absolute atomic E-state index is 16.6. The predicted octanol–water partition coefficient (Wildman–Crippen LogP) is 10.2. The van der Waals surface area contributed by atoms with E-state index in [-0.39, 0.29) is 0 Å². The lowest BCUT2D eigenvalue weighted by molar-refractivity contribution is 0.592. The van der Waals surface area contributed by atoms with Gasteiger partial charge in [-0.25, -0.2) is 4.98 Å². The van der Waals surface area contributed by atoms with Gasteiger partial charge in [0.1, 0.15) is 5.82 Å². The summed E-state index contributed by atoms with van der Waals surface area (Å²) in [7, 11) is -3.47. The van der Waals surface area contributed by atoms with E-state index in [0.717, 1.165) is 87.8 Å². The van der Waals surface area contributed by atoms with Gasteiger partial charge in [0, 0.05) is 16.2 Å². The van der Waals surface area contributed by atoms with E-state index in [9.17, 15) is 5.26 Å². The van der Waals surface area contributed by atoms with E-state index in [1.807, 2.05) is 91.0 Å². The third-order valence-electron chi connectivity index (χ3n) is 10.2. The Morgan fingerprint density at radius 1 is 0.549 bits per heavy atom. The summed E-state index contributed by atoms with van der Waals surface area (Å²) in [5.41, 5.74) is 8.34. The Bertz CT molecular complexity index is 2880. The second kappa shape index (κ2) is 11.3. The molecule has 4 nitrogen and oxygen atoms in total. The van der Waals surface area contributed by atoms with Crippen LogP contribution in [0, 0.1) is 11.3 Å². The van der Waals surface area contributed by atoms with Crippen LogP contribution in [0.3, 0.4) is 0 Å². The summed E-state index contributed by atoms with van der Waals surface area (Å²) in [6.45, 7) is 0. The molecule has 238 valence electrons.